The molecule has 0 radical (unpaired) electrons. The van der Waals surface area contributed by atoms with E-state index in [-0.39, 0.29) is 18.1 Å². The summed E-state index contributed by atoms with van der Waals surface area (Å²) in [5.74, 6) is -0.259. The van der Waals surface area contributed by atoms with Crippen molar-refractivity contribution < 1.29 is 14.6 Å². The zero-order valence-electron chi connectivity index (χ0n) is 7.13. The lowest BCUT2D eigenvalue weighted by Crippen LogP contribution is -2.44. The van der Waals surface area contributed by atoms with Gasteiger partial charge in [0.1, 0.15) is 5.73 Å². The van der Waals surface area contributed by atoms with Crippen LogP contribution in [-0.2, 0) is 9.53 Å². The van der Waals surface area contributed by atoms with Gasteiger partial charge in [-0.15, -0.1) is 0 Å². The summed E-state index contributed by atoms with van der Waals surface area (Å²) in [7, 11) is -1.52. The summed E-state index contributed by atoms with van der Waals surface area (Å²) in [6.07, 6.45) is -0.385. The number of hydrogen-bond acceptors (Lipinski definition) is 3. The van der Waals surface area contributed by atoms with Crippen molar-refractivity contribution in [1.82, 2.24) is 0 Å². The number of rotatable bonds is 1. The highest BCUT2D eigenvalue weighted by atomic mass is 28.3. The molecule has 0 amide bonds. The topological polar surface area (TPSA) is 46.5 Å². The van der Waals surface area contributed by atoms with Crippen molar-refractivity contribution in [3.05, 3.63) is 0 Å². The highest BCUT2D eigenvalue weighted by Crippen LogP contribution is 2.23. The van der Waals surface area contributed by atoms with E-state index in [2.05, 4.69) is 19.6 Å². The van der Waals surface area contributed by atoms with Gasteiger partial charge in [0.25, 0.3) is 0 Å². The van der Waals surface area contributed by atoms with E-state index < -0.39 is 14.2 Å². The molecule has 0 aromatic rings. The van der Waals surface area contributed by atoms with Crippen molar-refractivity contribution in [2.45, 2.75) is 37.9 Å². The predicted molar refractivity (Wildman–Crippen MR) is 43.8 cm³/mol. The Kier molecular flexibility index (Phi) is 2.07. The summed E-state index contributed by atoms with van der Waals surface area (Å²) in [5, 5.41) is 9.38. The molecule has 0 bridgehead atoms. The number of aliphatic hydroxyl groups is 1. The lowest BCUT2D eigenvalue weighted by molar-refractivity contribution is -0.139. The van der Waals surface area contributed by atoms with E-state index in [0.29, 0.717) is 0 Å². The fourth-order valence-electron chi connectivity index (χ4n) is 1.30. The van der Waals surface area contributed by atoms with Gasteiger partial charge in [0.2, 0.25) is 0 Å². The minimum Gasteiger partial charge on any atom is -0.463 e. The molecule has 2 unspecified atom stereocenters. The Labute approximate surface area is 67.4 Å². The number of aliphatic hydroxyl groups excluding tert-OH is 1. The van der Waals surface area contributed by atoms with Crippen LogP contribution in [0.3, 0.4) is 0 Å². The number of hydrogen-bond donors (Lipinski definition) is 1. The van der Waals surface area contributed by atoms with E-state index in [1.807, 2.05) is 0 Å². The summed E-state index contributed by atoms with van der Waals surface area (Å²) < 4.78 is 5.01. The van der Waals surface area contributed by atoms with E-state index in [9.17, 15) is 9.90 Å². The lowest BCUT2D eigenvalue weighted by Gasteiger charge is -2.25. The first-order chi connectivity index (χ1) is 4.91. The Balaban J connectivity index is 2.67. The summed E-state index contributed by atoms with van der Waals surface area (Å²) in [6, 6.07) is 0. The fourth-order valence-corrected chi connectivity index (χ4v) is 3.06. The van der Waals surface area contributed by atoms with Crippen molar-refractivity contribution in [2.75, 3.05) is 0 Å². The average Bonchev–Trinajstić information content (AvgIpc) is 2.08. The lowest BCUT2D eigenvalue weighted by atomic mass is 10.3. The molecule has 1 aliphatic heterocycles. The Morgan fingerprint density at radius 2 is 2.09 bits per heavy atom. The van der Waals surface area contributed by atoms with Gasteiger partial charge in [0, 0.05) is 0 Å². The first-order valence-corrected chi connectivity index (χ1v) is 7.36. The van der Waals surface area contributed by atoms with Crippen LogP contribution in [0, 0.1) is 0 Å². The van der Waals surface area contributed by atoms with Crippen LogP contribution in [0.1, 0.15) is 6.42 Å². The third-order valence-electron chi connectivity index (χ3n) is 1.84. The van der Waals surface area contributed by atoms with Gasteiger partial charge >= 0.3 is 5.97 Å². The molecule has 0 spiro atoms. The Morgan fingerprint density at radius 1 is 1.55 bits per heavy atom. The van der Waals surface area contributed by atoms with E-state index >= 15 is 0 Å². The summed E-state index contributed by atoms with van der Waals surface area (Å²) in [4.78, 5) is 10.8. The van der Waals surface area contributed by atoms with Crippen molar-refractivity contribution in [1.29, 1.82) is 0 Å². The second-order valence-electron chi connectivity index (χ2n) is 4.05. The highest BCUT2D eigenvalue weighted by Gasteiger charge is 2.42. The van der Waals surface area contributed by atoms with Crippen molar-refractivity contribution in [3.63, 3.8) is 0 Å². The maximum absolute atomic E-state index is 10.8. The maximum atomic E-state index is 10.8. The van der Waals surface area contributed by atoms with Gasteiger partial charge in [-0.3, -0.25) is 4.79 Å². The molecule has 1 heterocycles. The number of esters is 1. The Morgan fingerprint density at radius 3 is 2.27 bits per heavy atom. The molecular weight excluding hydrogens is 160 g/mol. The van der Waals surface area contributed by atoms with Crippen molar-refractivity contribution in [2.24, 2.45) is 0 Å². The molecule has 1 saturated heterocycles. The van der Waals surface area contributed by atoms with Crippen LogP contribution in [0.2, 0.25) is 19.6 Å². The Hall–Kier alpha value is -0.353. The van der Waals surface area contributed by atoms with E-state index in [1.165, 1.54) is 0 Å². The molecule has 11 heavy (non-hydrogen) atoms. The number of carbonyl (C=O) groups is 1. The molecule has 0 aliphatic carbocycles. The fraction of sp³-hybridized carbons (Fsp3) is 0.857. The van der Waals surface area contributed by atoms with Gasteiger partial charge in [-0.1, -0.05) is 19.6 Å². The number of ether oxygens (including phenoxy) is 1. The first-order valence-electron chi connectivity index (χ1n) is 3.79. The van der Waals surface area contributed by atoms with Crippen molar-refractivity contribution >= 4 is 14.0 Å². The second kappa shape index (κ2) is 2.60. The zero-order chi connectivity index (χ0) is 8.65. The molecule has 1 fully saturated rings. The molecule has 4 heteroatoms. The number of carbonyl (C=O) groups excluding carboxylic acids is 1. The molecule has 1 rings (SSSR count). The molecule has 64 valence electrons. The largest absolute Gasteiger partial charge is 0.463 e. The van der Waals surface area contributed by atoms with Gasteiger partial charge in [-0.05, 0) is 0 Å². The third-order valence-corrected chi connectivity index (χ3v) is 4.05. The van der Waals surface area contributed by atoms with Gasteiger partial charge in [0.15, 0.2) is 0 Å². The van der Waals surface area contributed by atoms with Crippen LogP contribution in [0.15, 0.2) is 0 Å². The molecule has 0 aromatic heterocycles. The maximum Gasteiger partial charge on any atom is 0.308 e. The summed E-state index contributed by atoms with van der Waals surface area (Å²) >= 11 is 0. The van der Waals surface area contributed by atoms with Crippen LogP contribution >= 0.6 is 0 Å². The van der Waals surface area contributed by atoms with Crippen LogP contribution in [0.4, 0.5) is 0 Å². The molecule has 0 saturated carbocycles. The normalized spacial score (nSPS) is 32.2. The molecule has 0 aromatic carbocycles. The highest BCUT2D eigenvalue weighted by molar-refractivity contribution is 6.77. The van der Waals surface area contributed by atoms with Crippen LogP contribution in [0.25, 0.3) is 0 Å². The summed E-state index contributed by atoms with van der Waals surface area (Å²) in [6.45, 7) is 6.25. The van der Waals surface area contributed by atoms with Crippen LogP contribution < -0.4 is 0 Å². The van der Waals surface area contributed by atoms with Crippen LogP contribution in [0.5, 0.6) is 0 Å². The molecule has 3 nitrogen and oxygen atoms in total. The standard InChI is InChI=1S/C7H14O3Si/c1-11(2,3)7-5(8)4-6(9)10-7/h5,7-8H,4H2,1-3H3. The molecular formula is C7H14O3Si. The minimum absolute atomic E-state index is 0.176. The average molecular weight is 174 g/mol. The molecule has 1 aliphatic rings. The predicted octanol–water partition coefficient (Wildman–Crippen LogP) is 0.540. The quantitative estimate of drug-likeness (QED) is 0.466. The molecule has 1 N–H and O–H groups in total. The van der Waals surface area contributed by atoms with E-state index in [0.717, 1.165) is 0 Å². The van der Waals surface area contributed by atoms with E-state index in [1.54, 1.807) is 0 Å². The SMILES string of the molecule is C[Si](C)(C)C1OC(=O)CC1O. The van der Waals surface area contributed by atoms with Crippen molar-refractivity contribution in [3.8, 4) is 0 Å². The van der Waals surface area contributed by atoms with Gasteiger partial charge in [-0.2, -0.15) is 0 Å². The monoisotopic (exact) mass is 174 g/mol. The van der Waals surface area contributed by atoms with E-state index in [4.69, 9.17) is 4.74 Å². The smallest absolute Gasteiger partial charge is 0.308 e. The zero-order valence-corrected chi connectivity index (χ0v) is 8.13. The molecule has 2 atom stereocenters. The Bertz CT molecular complexity index is 173. The minimum atomic E-state index is -1.52. The van der Waals surface area contributed by atoms with Gasteiger partial charge in [-0.25, -0.2) is 0 Å². The summed E-state index contributed by atoms with van der Waals surface area (Å²) in [5.41, 5.74) is -0.199. The first kappa shape index (κ1) is 8.74. The van der Waals surface area contributed by atoms with Gasteiger partial charge in [0.05, 0.1) is 20.6 Å². The van der Waals surface area contributed by atoms with Crippen LogP contribution in [-0.4, -0.2) is 31.0 Å². The second-order valence-corrected chi connectivity index (χ2v) is 9.35. The van der Waals surface area contributed by atoms with Gasteiger partial charge < -0.3 is 9.84 Å². The third kappa shape index (κ3) is 1.81. The number of cyclic esters (lactones) is 1.